The molecule has 18 heavy (non-hydrogen) atoms. The first-order chi connectivity index (χ1) is 8.78. The molecule has 0 spiro atoms. The third kappa shape index (κ3) is 3.52. The molecule has 0 fully saturated rings. The summed E-state index contributed by atoms with van der Waals surface area (Å²) in [5, 5.41) is 3.40. The van der Waals surface area contributed by atoms with Crippen LogP contribution in [0.4, 0.5) is 5.69 Å². The Morgan fingerprint density at radius 3 is 2.22 bits per heavy atom. The minimum absolute atomic E-state index is 0.709. The summed E-state index contributed by atoms with van der Waals surface area (Å²) in [6.45, 7) is 5.62. The highest BCUT2D eigenvalue weighted by Gasteiger charge is 1.96. The van der Waals surface area contributed by atoms with Crippen LogP contribution in [0.2, 0.25) is 0 Å². The van der Waals surface area contributed by atoms with Gasteiger partial charge in [-0.25, -0.2) is 0 Å². The number of rotatable bonds is 5. The van der Waals surface area contributed by atoms with E-state index in [4.69, 9.17) is 4.74 Å². The fourth-order valence-corrected chi connectivity index (χ4v) is 1.75. The summed E-state index contributed by atoms with van der Waals surface area (Å²) in [6.07, 6.45) is 0. The molecule has 2 aromatic carbocycles. The molecule has 0 aliphatic rings. The molecule has 0 radical (unpaired) electrons. The van der Waals surface area contributed by atoms with Gasteiger partial charge in [-0.1, -0.05) is 29.8 Å². The third-order valence-corrected chi connectivity index (χ3v) is 2.78. The van der Waals surface area contributed by atoms with Gasteiger partial charge in [-0.2, -0.15) is 0 Å². The first-order valence-corrected chi connectivity index (χ1v) is 6.30. The average molecular weight is 241 g/mol. The molecular weight excluding hydrogens is 222 g/mol. The van der Waals surface area contributed by atoms with Crippen molar-refractivity contribution in [3.8, 4) is 5.75 Å². The monoisotopic (exact) mass is 241 g/mol. The van der Waals surface area contributed by atoms with Crippen molar-refractivity contribution in [1.29, 1.82) is 0 Å². The summed E-state index contributed by atoms with van der Waals surface area (Å²) in [5.41, 5.74) is 3.68. The van der Waals surface area contributed by atoms with Crippen LogP contribution in [0.15, 0.2) is 48.5 Å². The topological polar surface area (TPSA) is 21.3 Å². The van der Waals surface area contributed by atoms with Crippen LogP contribution in [0, 0.1) is 6.92 Å². The maximum Gasteiger partial charge on any atom is 0.119 e. The molecule has 0 bridgehead atoms. The van der Waals surface area contributed by atoms with Crippen LogP contribution in [0.1, 0.15) is 18.1 Å². The van der Waals surface area contributed by atoms with Gasteiger partial charge < -0.3 is 10.1 Å². The lowest BCUT2D eigenvalue weighted by Crippen LogP contribution is -1.99. The standard InChI is InChI=1S/C16H19NO/c1-3-18-16-10-6-14(7-11-16)12-17-15-8-4-13(2)5-9-15/h4-11,17H,3,12H2,1-2H3. The minimum Gasteiger partial charge on any atom is -0.494 e. The van der Waals surface area contributed by atoms with Gasteiger partial charge in [0.05, 0.1) is 6.61 Å². The summed E-state index contributed by atoms with van der Waals surface area (Å²) in [6, 6.07) is 16.6. The van der Waals surface area contributed by atoms with E-state index in [0.717, 1.165) is 18.0 Å². The molecule has 0 unspecified atom stereocenters. The minimum atomic E-state index is 0.709. The van der Waals surface area contributed by atoms with Gasteiger partial charge >= 0.3 is 0 Å². The van der Waals surface area contributed by atoms with Crippen LogP contribution in [0.3, 0.4) is 0 Å². The zero-order valence-electron chi connectivity index (χ0n) is 10.9. The van der Waals surface area contributed by atoms with E-state index in [0.29, 0.717) is 6.61 Å². The van der Waals surface area contributed by atoms with E-state index in [-0.39, 0.29) is 0 Å². The lowest BCUT2D eigenvalue weighted by Gasteiger charge is -2.08. The second kappa shape index (κ2) is 6.10. The number of hydrogen-bond donors (Lipinski definition) is 1. The normalized spacial score (nSPS) is 10.1. The van der Waals surface area contributed by atoms with Crippen LogP contribution in [-0.4, -0.2) is 6.61 Å². The molecule has 0 aliphatic carbocycles. The van der Waals surface area contributed by atoms with Crippen molar-refractivity contribution in [2.75, 3.05) is 11.9 Å². The summed E-state index contributed by atoms with van der Waals surface area (Å²) in [7, 11) is 0. The van der Waals surface area contributed by atoms with Crippen LogP contribution < -0.4 is 10.1 Å². The Morgan fingerprint density at radius 1 is 0.944 bits per heavy atom. The fraction of sp³-hybridized carbons (Fsp3) is 0.250. The van der Waals surface area contributed by atoms with Crippen LogP contribution >= 0.6 is 0 Å². The summed E-state index contributed by atoms with van der Waals surface area (Å²) < 4.78 is 5.42. The molecule has 0 saturated carbocycles. The number of hydrogen-bond acceptors (Lipinski definition) is 2. The SMILES string of the molecule is CCOc1ccc(CNc2ccc(C)cc2)cc1. The largest absolute Gasteiger partial charge is 0.494 e. The molecule has 0 atom stereocenters. The molecule has 0 heterocycles. The molecule has 2 rings (SSSR count). The van der Waals surface area contributed by atoms with Crippen LogP contribution in [-0.2, 0) is 6.54 Å². The van der Waals surface area contributed by atoms with E-state index >= 15 is 0 Å². The van der Waals surface area contributed by atoms with Crippen LogP contribution in [0.5, 0.6) is 5.75 Å². The Morgan fingerprint density at radius 2 is 1.61 bits per heavy atom. The number of ether oxygens (including phenoxy) is 1. The van der Waals surface area contributed by atoms with Gasteiger partial charge in [0.15, 0.2) is 0 Å². The molecule has 1 N–H and O–H groups in total. The number of anilines is 1. The number of benzene rings is 2. The van der Waals surface area contributed by atoms with E-state index < -0.39 is 0 Å². The average Bonchev–Trinajstić information content (AvgIpc) is 2.40. The van der Waals surface area contributed by atoms with Crippen molar-refractivity contribution in [2.24, 2.45) is 0 Å². The molecule has 2 nitrogen and oxygen atoms in total. The Balaban J connectivity index is 1.91. The molecular formula is C16H19NO. The second-order valence-corrected chi connectivity index (χ2v) is 4.30. The fourth-order valence-electron chi connectivity index (χ4n) is 1.75. The van der Waals surface area contributed by atoms with Crippen molar-refractivity contribution in [3.05, 3.63) is 59.7 Å². The molecule has 0 saturated heterocycles. The summed E-state index contributed by atoms with van der Waals surface area (Å²) >= 11 is 0. The van der Waals surface area contributed by atoms with E-state index in [1.54, 1.807) is 0 Å². The second-order valence-electron chi connectivity index (χ2n) is 4.30. The Kier molecular flexibility index (Phi) is 4.24. The predicted molar refractivity (Wildman–Crippen MR) is 76.1 cm³/mol. The molecule has 0 amide bonds. The van der Waals surface area contributed by atoms with Gasteiger partial charge in [0.2, 0.25) is 0 Å². The van der Waals surface area contributed by atoms with Gasteiger partial charge in [-0.15, -0.1) is 0 Å². The summed E-state index contributed by atoms with van der Waals surface area (Å²) in [5.74, 6) is 0.927. The lowest BCUT2D eigenvalue weighted by atomic mass is 10.2. The van der Waals surface area contributed by atoms with Crippen molar-refractivity contribution in [1.82, 2.24) is 0 Å². The maximum absolute atomic E-state index is 5.42. The lowest BCUT2D eigenvalue weighted by molar-refractivity contribution is 0.340. The highest BCUT2D eigenvalue weighted by molar-refractivity contribution is 5.45. The van der Waals surface area contributed by atoms with E-state index in [9.17, 15) is 0 Å². The predicted octanol–water partition coefficient (Wildman–Crippen LogP) is 4.01. The molecule has 2 heteroatoms. The van der Waals surface area contributed by atoms with E-state index in [2.05, 4.69) is 48.6 Å². The number of aryl methyl sites for hydroxylation is 1. The molecule has 0 aromatic heterocycles. The molecule has 94 valence electrons. The first kappa shape index (κ1) is 12.5. The zero-order valence-corrected chi connectivity index (χ0v) is 10.9. The quantitative estimate of drug-likeness (QED) is 0.854. The highest BCUT2D eigenvalue weighted by atomic mass is 16.5. The third-order valence-electron chi connectivity index (χ3n) is 2.78. The first-order valence-electron chi connectivity index (χ1n) is 6.30. The van der Waals surface area contributed by atoms with Crippen molar-refractivity contribution < 1.29 is 4.74 Å². The highest BCUT2D eigenvalue weighted by Crippen LogP contribution is 2.14. The zero-order chi connectivity index (χ0) is 12.8. The van der Waals surface area contributed by atoms with Crippen LogP contribution in [0.25, 0.3) is 0 Å². The van der Waals surface area contributed by atoms with Gasteiger partial charge in [-0.3, -0.25) is 0 Å². The number of nitrogens with one attached hydrogen (secondary N) is 1. The van der Waals surface area contributed by atoms with Gasteiger partial charge in [0, 0.05) is 12.2 Å². The van der Waals surface area contributed by atoms with E-state index in [1.165, 1.54) is 11.1 Å². The van der Waals surface area contributed by atoms with Crippen molar-refractivity contribution in [3.63, 3.8) is 0 Å². The van der Waals surface area contributed by atoms with Gasteiger partial charge in [0.25, 0.3) is 0 Å². The van der Waals surface area contributed by atoms with Gasteiger partial charge in [0.1, 0.15) is 5.75 Å². The van der Waals surface area contributed by atoms with Crippen molar-refractivity contribution in [2.45, 2.75) is 20.4 Å². The smallest absolute Gasteiger partial charge is 0.119 e. The molecule has 2 aromatic rings. The summed E-state index contributed by atoms with van der Waals surface area (Å²) in [4.78, 5) is 0. The van der Waals surface area contributed by atoms with Gasteiger partial charge in [-0.05, 0) is 43.7 Å². The van der Waals surface area contributed by atoms with Crippen molar-refractivity contribution >= 4 is 5.69 Å². The molecule has 0 aliphatic heterocycles. The Bertz CT molecular complexity index is 473. The Hall–Kier alpha value is -1.96. The Labute approximate surface area is 109 Å². The van der Waals surface area contributed by atoms with E-state index in [1.807, 2.05) is 19.1 Å². The maximum atomic E-state index is 5.42.